The van der Waals surface area contributed by atoms with Gasteiger partial charge in [-0.25, -0.2) is 0 Å². The summed E-state index contributed by atoms with van der Waals surface area (Å²) >= 11 is 0. The molecule has 5 heteroatoms. The second kappa shape index (κ2) is 3.18. The van der Waals surface area contributed by atoms with Gasteiger partial charge < -0.3 is 15.2 Å². The van der Waals surface area contributed by atoms with E-state index in [0.29, 0.717) is 13.1 Å². The molecule has 13 heavy (non-hydrogen) atoms. The van der Waals surface area contributed by atoms with Crippen molar-refractivity contribution in [3.05, 3.63) is 18.0 Å². The van der Waals surface area contributed by atoms with Gasteiger partial charge in [0.05, 0.1) is 12.6 Å². The molecule has 0 spiro atoms. The maximum absolute atomic E-state index is 11.4. The molecule has 0 saturated carbocycles. The quantitative estimate of drug-likeness (QED) is 0.682. The average molecular weight is 181 g/mol. The third kappa shape index (κ3) is 1.55. The summed E-state index contributed by atoms with van der Waals surface area (Å²) in [4.78, 5) is 13.1. The second-order valence-electron chi connectivity index (χ2n) is 3.15. The molecule has 0 bridgehead atoms. The highest BCUT2D eigenvalue weighted by atomic mass is 16.5. The van der Waals surface area contributed by atoms with E-state index in [1.807, 2.05) is 0 Å². The van der Waals surface area contributed by atoms with Crippen molar-refractivity contribution in [3.8, 4) is 0 Å². The molecule has 2 N–H and O–H groups in total. The van der Waals surface area contributed by atoms with Gasteiger partial charge in [-0.05, 0) is 6.42 Å². The molecule has 1 aliphatic rings. The van der Waals surface area contributed by atoms with Crippen LogP contribution in [0.15, 0.2) is 16.9 Å². The summed E-state index contributed by atoms with van der Waals surface area (Å²) in [7, 11) is 0. The van der Waals surface area contributed by atoms with E-state index in [4.69, 9.17) is 5.73 Å². The number of nitrogens with two attached hydrogens (primary N) is 1. The molecule has 0 aromatic carbocycles. The minimum atomic E-state index is -0.327. The Hall–Kier alpha value is -1.36. The molecule has 1 fully saturated rings. The first-order valence-electron chi connectivity index (χ1n) is 4.21. The van der Waals surface area contributed by atoms with E-state index in [1.165, 1.54) is 6.26 Å². The number of amides is 1. The van der Waals surface area contributed by atoms with E-state index in [-0.39, 0.29) is 11.9 Å². The molecule has 2 heterocycles. The third-order valence-electron chi connectivity index (χ3n) is 2.18. The first kappa shape index (κ1) is 8.25. The maximum atomic E-state index is 11.4. The molecular formula is C8H11N3O2. The Kier molecular flexibility index (Phi) is 2.02. The summed E-state index contributed by atoms with van der Waals surface area (Å²) in [5.41, 5.74) is 6.33. The van der Waals surface area contributed by atoms with Crippen LogP contribution >= 0.6 is 0 Å². The van der Waals surface area contributed by atoms with E-state index >= 15 is 0 Å². The van der Waals surface area contributed by atoms with Crippen LogP contribution in [-0.4, -0.2) is 28.6 Å². The van der Waals surface area contributed by atoms with E-state index in [0.717, 1.165) is 12.1 Å². The first-order chi connectivity index (χ1) is 6.27. The predicted molar refractivity (Wildman–Crippen MR) is 44.5 cm³/mol. The molecule has 0 radical (unpaired) electrons. The Balaban J connectivity index is 2.00. The zero-order valence-corrected chi connectivity index (χ0v) is 7.14. The van der Waals surface area contributed by atoms with Gasteiger partial charge in [0.15, 0.2) is 0 Å². The highest BCUT2D eigenvalue weighted by Gasteiger charge is 2.28. The van der Waals surface area contributed by atoms with Gasteiger partial charge >= 0.3 is 0 Å². The highest BCUT2D eigenvalue weighted by Crippen LogP contribution is 2.12. The van der Waals surface area contributed by atoms with Crippen LogP contribution in [0.3, 0.4) is 0 Å². The van der Waals surface area contributed by atoms with Crippen LogP contribution in [0.4, 0.5) is 0 Å². The third-order valence-corrected chi connectivity index (χ3v) is 2.18. The molecule has 1 amide bonds. The smallest absolute Gasteiger partial charge is 0.239 e. The zero-order chi connectivity index (χ0) is 9.26. The summed E-state index contributed by atoms with van der Waals surface area (Å²) in [6.45, 7) is 1.22. The summed E-state index contributed by atoms with van der Waals surface area (Å²) in [6, 6.07) is 1.42. The van der Waals surface area contributed by atoms with Gasteiger partial charge in [-0.15, -0.1) is 0 Å². The fourth-order valence-corrected chi connectivity index (χ4v) is 1.43. The minimum absolute atomic E-state index is 0.00278. The Morgan fingerprint density at radius 3 is 3.15 bits per heavy atom. The number of likely N-dealkylation sites (tertiary alicyclic amines) is 1. The van der Waals surface area contributed by atoms with Gasteiger partial charge in [0, 0.05) is 12.6 Å². The van der Waals surface area contributed by atoms with Crippen LogP contribution in [0.5, 0.6) is 0 Å². The van der Waals surface area contributed by atoms with Gasteiger partial charge in [-0.2, -0.15) is 0 Å². The number of nitrogens with zero attached hydrogens (tertiary/aromatic N) is 2. The summed E-state index contributed by atoms with van der Waals surface area (Å²) in [5.74, 6) is 0.00278. The van der Waals surface area contributed by atoms with Crippen molar-refractivity contribution in [1.29, 1.82) is 0 Å². The van der Waals surface area contributed by atoms with Crippen molar-refractivity contribution in [3.63, 3.8) is 0 Å². The van der Waals surface area contributed by atoms with Crippen molar-refractivity contribution in [2.24, 2.45) is 5.73 Å². The van der Waals surface area contributed by atoms with Crippen molar-refractivity contribution < 1.29 is 9.32 Å². The zero-order valence-electron chi connectivity index (χ0n) is 7.14. The van der Waals surface area contributed by atoms with E-state index in [9.17, 15) is 4.79 Å². The lowest BCUT2D eigenvalue weighted by molar-refractivity contribution is -0.129. The molecule has 1 aromatic rings. The molecule has 1 saturated heterocycles. The number of carbonyl (C=O) groups is 1. The highest BCUT2D eigenvalue weighted by molar-refractivity contribution is 5.83. The molecule has 0 aliphatic carbocycles. The molecule has 1 unspecified atom stereocenters. The minimum Gasteiger partial charge on any atom is -0.364 e. The van der Waals surface area contributed by atoms with Gasteiger partial charge in [-0.3, -0.25) is 4.79 Å². The Labute approximate surface area is 75.5 Å². The SMILES string of the molecule is NC1CCN(Cc2ccon2)C1=O. The van der Waals surface area contributed by atoms with Crippen LogP contribution in [0.25, 0.3) is 0 Å². The largest absolute Gasteiger partial charge is 0.364 e. The molecule has 70 valence electrons. The lowest BCUT2D eigenvalue weighted by Crippen LogP contribution is -2.33. The lowest BCUT2D eigenvalue weighted by atomic mass is 10.3. The van der Waals surface area contributed by atoms with Gasteiger partial charge in [0.2, 0.25) is 5.91 Å². The number of rotatable bonds is 2. The van der Waals surface area contributed by atoms with Crippen LogP contribution in [0.2, 0.25) is 0 Å². The monoisotopic (exact) mass is 181 g/mol. The molecule has 1 aliphatic heterocycles. The first-order valence-corrected chi connectivity index (χ1v) is 4.21. The summed E-state index contributed by atoms with van der Waals surface area (Å²) in [6.07, 6.45) is 2.23. The lowest BCUT2D eigenvalue weighted by Gasteiger charge is -2.13. The van der Waals surface area contributed by atoms with Gasteiger partial charge in [0.1, 0.15) is 12.0 Å². The standard InChI is InChI=1S/C8H11N3O2/c9-7-1-3-11(8(7)12)5-6-2-4-13-10-6/h2,4,7H,1,3,5,9H2. The topological polar surface area (TPSA) is 72.4 Å². The summed E-state index contributed by atoms with van der Waals surface area (Å²) < 4.78 is 4.67. The summed E-state index contributed by atoms with van der Waals surface area (Å²) in [5, 5.41) is 3.73. The normalized spacial score (nSPS) is 22.7. The maximum Gasteiger partial charge on any atom is 0.239 e. The van der Waals surface area contributed by atoms with E-state index in [2.05, 4.69) is 9.68 Å². The van der Waals surface area contributed by atoms with E-state index < -0.39 is 0 Å². The van der Waals surface area contributed by atoms with Gasteiger partial charge in [0.25, 0.3) is 0 Å². The van der Waals surface area contributed by atoms with Crippen LogP contribution in [-0.2, 0) is 11.3 Å². The van der Waals surface area contributed by atoms with Crippen molar-refractivity contribution >= 4 is 5.91 Å². The Morgan fingerprint density at radius 2 is 2.62 bits per heavy atom. The van der Waals surface area contributed by atoms with Crippen molar-refractivity contribution in [2.75, 3.05) is 6.54 Å². The molecule has 5 nitrogen and oxygen atoms in total. The van der Waals surface area contributed by atoms with Crippen molar-refractivity contribution in [1.82, 2.24) is 10.1 Å². The van der Waals surface area contributed by atoms with Crippen molar-refractivity contribution in [2.45, 2.75) is 19.0 Å². The predicted octanol–water partition coefficient (Wildman–Crippen LogP) is -0.266. The molecular weight excluding hydrogens is 170 g/mol. The van der Waals surface area contributed by atoms with Crippen LogP contribution in [0, 0.1) is 0 Å². The fraction of sp³-hybridized carbons (Fsp3) is 0.500. The second-order valence-corrected chi connectivity index (χ2v) is 3.15. The fourth-order valence-electron chi connectivity index (χ4n) is 1.43. The Bertz CT molecular complexity index is 296. The molecule has 1 atom stereocenters. The number of hydrogen-bond donors (Lipinski definition) is 1. The van der Waals surface area contributed by atoms with Gasteiger partial charge in [-0.1, -0.05) is 5.16 Å². The molecule has 1 aromatic heterocycles. The number of hydrogen-bond acceptors (Lipinski definition) is 4. The average Bonchev–Trinajstić information content (AvgIpc) is 2.71. The van der Waals surface area contributed by atoms with Crippen LogP contribution in [0.1, 0.15) is 12.1 Å². The number of aromatic nitrogens is 1. The number of carbonyl (C=O) groups excluding carboxylic acids is 1. The Morgan fingerprint density at radius 1 is 1.77 bits per heavy atom. The molecule has 2 rings (SSSR count). The van der Waals surface area contributed by atoms with E-state index in [1.54, 1.807) is 11.0 Å². The van der Waals surface area contributed by atoms with Crippen LogP contribution < -0.4 is 5.73 Å².